The predicted molar refractivity (Wildman–Crippen MR) is 159 cm³/mol. The first-order valence-corrected chi connectivity index (χ1v) is 12.9. The first-order valence-electron chi connectivity index (χ1n) is 12.5. The van der Waals surface area contributed by atoms with E-state index in [9.17, 15) is 19.7 Å². The highest BCUT2D eigenvalue weighted by Crippen LogP contribution is 2.33. The largest absolute Gasteiger partial charge is 0.493 e. The van der Waals surface area contributed by atoms with Gasteiger partial charge < -0.3 is 9.47 Å². The van der Waals surface area contributed by atoms with Crippen molar-refractivity contribution in [1.29, 1.82) is 0 Å². The van der Waals surface area contributed by atoms with Crippen LogP contribution in [0.25, 0.3) is 6.08 Å². The molecule has 10 heteroatoms. The number of thiocarbonyl (C=S) groups is 1. The Kier molecular flexibility index (Phi) is 7.84. The molecule has 2 amide bonds. The number of carbonyl (C=O) groups excluding carboxylic acids is 2. The molecule has 1 aliphatic heterocycles. The SMILES string of the molecule is COc1cc(C=C2C(=O)N(c3ccccc3)C(=S)N(c3ccccc3)C2=O)ccc1OCc1ccccc1[N+](=O)[O-]. The number of hydrogen-bond acceptors (Lipinski definition) is 7. The molecule has 0 spiro atoms. The van der Waals surface area contributed by atoms with Gasteiger partial charge in [-0.25, -0.2) is 0 Å². The smallest absolute Gasteiger partial charge is 0.276 e. The topological polar surface area (TPSA) is 102 Å². The molecular weight excluding hydrogens is 542 g/mol. The van der Waals surface area contributed by atoms with Crippen molar-refractivity contribution >= 4 is 52.3 Å². The molecule has 9 nitrogen and oxygen atoms in total. The molecule has 0 unspecified atom stereocenters. The lowest BCUT2D eigenvalue weighted by Gasteiger charge is -2.36. The Morgan fingerprint density at radius 3 is 1.93 bits per heavy atom. The Morgan fingerprint density at radius 1 is 0.805 bits per heavy atom. The first kappa shape index (κ1) is 27.2. The van der Waals surface area contributed by atoms with Gasteiger partial charge in [0.25, 0.3) is 17.5 Å². The summed E-state index contributed by atoms with van der Waals surface area (Å²) in [5, 5.41) is 11.4. The number of anilines is 2. The van der Waals surface area contributed by atoms with Gasteiger partial charge in [-0.05, 0) is 66.3 Å². The fraction of sp³-hybridized carbons (Fsp3) is 0.0645. The lowest BCUT2D eigenvalue weighted by Crippen LogP contribution is -2.56. The summed E-state index contributed by atoms with van der Waals surface area (Å²) >= 11 is 5.64. The number of nitro groups is 1. The molecule has 41 heavy (non-hydrogen) atoms. The number of hydrogen-bond donors (Lipinski definition) is 0. The van der Waals surface area contributed by atoms with Crippen LogP contribution in [-0.4, -0.2) is 29.0 Å². The predicted octanol–water partition coefficient (Wildman–Crippen LogP) is 5.93. The average Bonchev–Trinajstić information content (AvgIpc) is 2.99. The molecule has 0 bridgehead atoms. The van der Waals surface area contributed by atoms with E-state index in [0.717, 1.165) is 0 Å². The normalized spacial score (nSPS) is 13.3. The van der Waals surface area contributed by atoms with Crippen molar-refractivity contribution in [2.75, 3.05) is 16.9 Å². The number of carbonyl (C=O) groups is 2. The highest BCUT2D eigenvalue weighted by molar-refractivity contribution is 7.81. The molecule has 1 saturated heterocycles. The number of ether oxygens (including phenoxy) is 2. The molecule has 5 rings (SSSR count). The minimum Gasteiger partial charge on any atom is -0.493 e. The van der Waals surface area contributed by atoms with Gasteiger partial charge in [0.2, 0.25) is 0 Å². The zero-order chi connectivity index (χ0) is 28.9. The molecule has 204 valence electrons. The van der Waals surface area contributed by atoms with Crippen LogP contribution in [0.15, 0.2) is 109 Å². The molecule has 1 aliphatic rings. The Hall–Kier alpha value is -5.35. The van der Waals surface area contributed by atoms with Crippen LogP contribution >= 0.6 is 12.2 Å². The van der Waals surface area contributed by atoms with Crippen LogP contribution in [0, 0.1) is 10.1 Å². The molecule has 1 heterocycles. The number of nitro benzene ring substituents is 1. The Bertz CT molecular complexity index is 1610. The number of para-hydroxylation sites is 3. The van der Waals surface area contributed by atoms with Crippen LogP contribution < -0.4 is 19.3 Å². The summed E-state index contributed by atoms with van der Waals surface area (Å²) < 4.78 is 11.3. The number of rotatable bonds is 8. The van der Waals surface area contributed by atoms with Crippen molar-refractivity contribution in [2.24, 2.45) is 0 Å². The van der Waals surface area contributed by atoms with Crippen LogP contribution in [0.4, 0.5) is 17.1 Å². The summed E-state index contributed by atoms with van der Waals surface area (Å²) in [6.45, 7) is -0.0551. The van der Waals surface area contributed by atoms with E-state index >= 15 is 0 Å². The van der Waals surface area contributed by atoms with E-state index in [0.29, 0.717) is 34.0 Å². The van der Waals surface area contributed by atoms with Crippen molar-refractivity contribution in [2.45, 2.75) is 6.61 Å². The summed E-state index contributed by atoms with van der Waals surface area (Å²) in [6, 6.07) is 29.0. The van der Waals surface area contributed by atoms with Gasteiger partial charge in [-0.3, -0.25) is 29.5 Å². The second-order valence-electron chi connectivity index (χ2n) is 8.88. The molecule has 0 saturated carbocycles. The van der Waals surface area contributed by atoms with E-state index in [1.54, 1.807) is 84.9 Å². The van der Waals surface area contributed by atoms with Crippen molar-refractivity contribution in [3.63, 3.8) is 0 Å². The summed E-state index contributed by atoms with van der Waals surface area (Å²) in [6.07, 6.45) is 1.48. The fourth-order valence-electron chi connectivity index (χ4n) is 4.37. The summed E-state index contributed by atoms with van der Waals surface area (Å²) in [5.74, 6) is -0.459. The van der Waals surface area contributed by atoms with Crippen LogP contribution in [0.5, 0.6) is 11.5 Å². The van der Waals surface area contributed by atoms with Gasteiger partial charge in [0.05, 0.1) is 29.0 Å². The lowest BCUT2D eigenvalue weighted by atomic mass is 10.0. The van der Waals surface area contributed by atoms with E-state index < -0.39 is 16.7 Å². The molecule has 0 atom stereocenters. The van der Waals surface area contributed by atoms with Gasteiger partial charge in [0.15, 0.2) is 16.6 Å². The molecule has 4 aromatic rings. The minimum atomic E-state index is -0.561. The van der Waals surface area contributed by atoms with E-state index in [2.05, 4.69) is 0 Å². The van der Waals surface area contributed by atoms with Crippen molar-refractivity contribution < 1.29 is 24.0 Å². The molecular formula is C31H23N3O6S. The maximum absolute atomic E-state index is 13.7. The zero-order valence-electron chi connectivity index (χ0n) is 21.8. The third kappa shape index (κ3) is 5.54. The van der Waals surface area contributed by atoms with Gasteiger partial charge in [0, 0.05) is 6.07 Å². The number of methoxy groups -OCH3 is 1. The van der Waals surface area contributed by atoms with Crippen LogP contribution in [0.2, 0.25) is 0 Å². The van der Waals surface area contributed by atoms with Crippen LogP contribution in [0.1, 0.15) is 11.1 Å². The quantitative estimate of drug-likeness (QED) is 0.0858. The highest BCUT2D eigenvalue weighted by Gasteiger charge is 2.41. The second kappa shape index (κ2) is 11.8. The molecule has 0 aliphatic carbocycles. The van der Waals surface area contributed by atoms with Gasteiger partial charge in [-0.1, -0.05) is 54.6 Å². The number of nitrogens with zero attached hydrogens (tertiary/aromatic N) is 3. The number of amides is 2. The summed E-state index contributed by atoms with van der Waals surface area (Å²) in [5.41, 5.74) is 1.82. The van der Waals surface area contributed by atoms with E-state index in [1.807, 2.05) is 12.1 Å². The third-order valence-electron chi connectivity index (χ3n) is 6.35. The summed E-state index contributed by atoms with van der Waals surface area (Å²) in [7, 11) is 1.45. The van der Waals surface area contributed by atoms with Gasteiger partial charge >= 0.3 is 0 Å². The molecule has 0 radical (unpaired) electrons. The van der Waals surface area contributed by atoms with Crippen molar-refractivity contribution in [1.82, 2.24) is 0 Å². The fourth-order valence-corrected chi connectivity index (χ4v) is 4.74. The molecule has 0 aromatic heterocycles. The maximum Gasteiger partial charge on any atom is 0.276 e. The van der Waals surface area contributed by atoms with Crippen molar-refractivity contribution in [3.05, 3.63) is 130 Å². The Morgan fingerprint density at radius 2 is 1.37 bits per heavy atom. The monoisotopic (exact) mass is 565 g/mol. The van der Waals surface area contributed by atoms with Crippen LogP contribution in [-0.2, 0) is 16.2 Å². The van der Waals surface area contributed by atoms with Gasteiger partial charge in [-0.15, -0.1) is 0 Å². The lowest BCUT2D eigenvalue weighted by molar-refractivity contribution is -0.385. The Labute approximate surface area is 241 Å². The summed E-state index contributed by atoms with van der Waals surface area (Å²) in [4.78, 5) is 40.9. The van der Waals surface area contributed by atoms with Crippen LogP contribution in [0.3, 0.4) is 0 Å². The average molecular weight is 566 g/mol. The van der Waals surface area contributed by atoms with E-state index in [1.165, 1.54) is 29.1 Å². The van der Waals surface area contributed by atoms with E-state index in [4.69, 9.17) is 21.7 Å². The second-order valence-corrected chi connectivity index (χ2v) is 9.24. The highest BCUT2D eigenvalue weighted by atomic mass is 32.1. The molecule has 0 N–H and O–H groups in total. The van der Waals surface area contributed by atoms with Crippen molar-refractivity contribution in [3.8, 4) is 11.5 Å². The minimum absolute atomic E-state index is 0.0471. The Balaban J connectivity index is 1.50. The first-order chi connectivity index (χ1) is 19.9. The van der Waals surface area contributed by atoms with E-state index in [-0.39, 0.29) is 23.0 Å². The number of benzene rings is 4. The zero-order valence-corrected chi connectivity index (χ0v) is 22.6. The standard InChI is InChI=1S/C31H23N3O6S/c1-39-28-19-21(16-17-27(28)40-20-22-10-8-9-15-26(22)34(37)38)18-25-29(35)32(23-11-4-2-5-12-23)31(41)33(30(25)36)24-13-6-3-7-14-24/h2-19H,20H2,1H3. The maximum atomic E-state index is 13.7. The third-order valence-corrected chi connectivity index (χ3v) is 6.71. The van der Waals surface area contributed by atoms with Gasteiger partial charge in [0.1, 0.15) is 12.2 Å². The van der Waals surface area contributed by atoms with Gasteiger partial charge in [-0.2, -0.15) is 0 Å². The molecule has 4 aromatic carbocycles. The molecule has 1 fully saturated rings.